The molecule has 30 heavy (non-hydrogen) atoms. The van der Waals surface area contributed by atoms with Gasteiger partial charge in [-0.1, -0.05) is 18.2 Å². The van der Waals surface area contributed by atoms with Crippen LogP contribution in [0.2, 0.25) is 0 Å². The van der Waals surface area contributed by atoms with E-state index in [4.69, 9.17) is 4.74 Å². The van der Waals surface area contributed by atoms with Crippen LogP contribution in [0.15, 0.2) is 42.7 Å². The van der Waals surface area contributed by atoms with E-state index in [-0.39, 0.29) is 17.5 Å². The van der Waals surface area contributed by atoms with E-state index >= 15 is 0 Å². The smallest absolute Gasteiger partial charge is 0.342 e. The average molecular weight is 409 g/mol. The SMILES string of the molecule is O=C1CC[C@H]2C(CC[C@@H]3[C@@H]2CC[C@]2(C=COC(=O)c4ccccc4)[C@@H](O)CC[C@@H]32)C1. The van der Waals surface area contributed by atoms with Crippen molar-refractivity contribution in [2.75, 3.05) is 0 Å². The summed E-state index contributed by atoms with van der Waals surface area (Å²) in [7, 11) is 0. The third kappa shape index (κ3) is 3.33. The highest BCUT2D eigenvalue weighted by atomic mass is 16.5. The molecular weight excluding hydrogens is 376 g/mol. The second-order valence-corrected chi connectivity index (χ2v) is 10.0. The number of benzene rings is 1. The fourth-order valence-electron chi connectivity index (χ4n) is 7.54. The molecule has 0 aromatic heterocycles. The molecule has 160 valence electrons. The summed E-state index contributed by atoms with van der Waals surface area (Å²) in [4.78, 5) is 24.3. The largest absolute Gasteiger partial charge is 0.431 e. The van der Waals surface area contributed by atoms with Crippen LogP contribution in [-0.4, -0.2) is 23.0 Å². The molecule has 1 aromatic carbocycles. The van der Waals surface area contributed by atoms with Gasteiger partial charge in [-0.3, -0.25) is 4.79 Å². The van der Waals surface area contributed by atoms with Crippen LogP contribution in [0.5, 0.6) is 0 Å². The number of aliphatic hydroxyl groups excluding tert-OH is 1. The summed E-state index contributed by atoms with van der Waals surface area (Å²) in [6, 6.07) is 9.03. The maximum atomic E-state index is 12.3. The molecule has 4 aliphatic rings. The molecule has 0 heterocycles. The quantitative estimate of drug-likeness (QED) is 0.570. The van der Waals surface area contributed by atoms with E-state index in [1.807, 2.05) is 24.3 Å². The van der Waals surface area contributed by atoms with Gasteiger partial charge < -0.3 is 9.84 Å². The van der Waals surface area contributed by atoms with Crippen LogP contribution in [0.1, 0.15) is 68.1 Å². The van der Waals surface area contributed by atoms with Crippen LogP contribution in [-0.2, 0) is 9.53 Å². The molecule has 0 bridgehead atoms. The van der Waals surface area contributed by atoms with Gasteiger partial charge in [0, 0.05) is 18.3 Å². The fourth-order valence-corrected chi connectivity index (χ4v) is 7.54. The maximum Gasteiger partial charge on any atom is 0.342 e. The molecule has 1 N–H and O–H groups in total. The Morgan fingerprint density at radius 2 is 1.83 bits per heavy atom. The van der Waals surface area contributed by atoms with Crippen molar-refractivity contribution in [2.24, 2.45) is 35.0 Å². The number of hydrogen-bond donors (Lipinski definition) is 1. The second-order valence-electron chi connectivity index (χ2n) is 10.0. The molecule has 0 saturated heterocycles. The summed E-state index contributed by atoms with van der Waals surface area (Å²) in [5.74, 6) is 3.16. The van der Waals surface area contributed by atoms with Crippen LogP contribution < -0.4 is 0 Å². The van der Waals surface area contributed by atoms with Crippen molar-refractivity contribution in [2.45, 2.75) is 63.9 Å². The Morgan fingerprint density at radius 1 is 1.00 bits per heavy atom. The fraction of sp³-hybridized carbons (Fsp3) is 0.615. The van der Waals surface area contributed by atoms with Crippen molar-refractivity contribution in [1.29, 1.82) is 0 Å². The Balaban J connectivity index is 1.32. The molecule has 0 aliphatic heterocycles. The zero-order valence-corrected chi connectivity index (χ0v) is 17.5. The molecule has 4 heteroatoms. The van der Waals surface area contributed by atoms with E-state index in [0.29, 0.717) is 40.9 Å². The van der Waals surface area contributed by atoms with Gasteiger partial charge in [0.2, 0.25) is 0 Å². The number of carbonyl (C=O) groups excluding carboxylic acids is 2. The lowest BCUT2D eigenvalue weighted by atomic mass is 9.50. The molecule has 0 amide bonds. The number of hydrogen-bond acceptors (Lipinski definition) is 4. The van der Waals surface area contributed by atoms with Gasteiger partial charge in [0.25, 0.3) is 0 Å². The van der Waals surface area contributed by atoms with Gasteiger partial charge >= 0.3 is 5.97 Å². The van der Waals surface area contributed by atoms with Crippen molar-refractivity contribution in [3.8, 4) is 0 Å². The van der Waals surface area contributed by atoms with Gasteiger partial charge in [-0.2, -0.15) is 0 Å². The Kier molecular flexibility index (Phi) is 5.30. The minimum absolute atomic E-state index is 0.268. The summed E-state index contributed by atoms with van der Waals surface area (Å²) in [6.07, 6.45) is 12.1. The molecule has 4 saturated carbocycles. The zero-order chi connectivity index (χ0) is 20.7. The van der Waals surface area contributed by atoms with Crippen molar-refractivity contribution in [1.82, 2.24) is 0 Å². The predicted molar refractivity (Wildman–Crippen MR) is 113 cm³/mol. The number of rotatable bonds is 3. The zero-order valence-electron chi connectivity index (χ0n) is 17.5. The molecule has 4 fully saturated rings. The van der Waals surface area contributed by atoms with Crippen molar-refractivity contribution < 1.29 is 19.4 Å². The van der Waals surface area contributed by atoms with Crippen LogP contribution in [0.3, 0.4) is 0 Å². The van der Waals surface area contributed by atoms with E-state index in [9.17, 15) is 14.7 Å². The number of carbonyl (C=O) groups is 2. The van der Waals surface area contributed by atoms with Gasteiger partial charge in [0.05, 0.1) is 17.9 Å². The minimum atomic E-state index is -0.360. The van der Waals surface area contributed by atoms with Crippen molar-refractivity contribution in [3.63, 3.8) is 0 Å². The highest BCUT2D eigenvalue weighted by molar-refractivity contribution is 5.89. The number of fused-ring (bicyclic) bond motifs is 5. The summed E-state index contributed by atoms with van der Waals surface area (Å²) in [6.45, 7) is 0. The van der Waals surface area contributed by atoms with Crippen molar-refractivity contribution >= 4 is 11.8 Å². The first kappa shape index (κ1) is 20.0. The normalized spacial score (nSPS) is 40.5. The predicted octanol–water partition coefficient (Wildman–Crippen LogP) is 4.92. The summed E-state index contributed by atoms with van der Waals surface area (Å²) >= 11 is 0. The van der Waals surface area contributed by atoms with E-state index in [1.54, 1.807) is 18.4 Å². The van der Waals surface area contributed by atoms with E-state index in [0.717, 1.165) is 51.4 Å². The first-order chi connectivity index (χ1) is 14.6. The Labute approximate surface area is 178 Å². The average Bonchev–Trinajstić information content (AvgIpc) is 3.10. The molecule has 7 atom stereocenters. The van der Waals surface area contributed by atoms with Gasteiger partial charge in [0.15, 0.2) is 0 Å². The van der Waals surface area contributed by atoms with Crippen LogP contribution in [0.4, 0.5) is 0 Å². The lowest BCUT2D eigenvalue weighted by Gasteiger charge is -2.55. The monoisotopic (exact) mass is 408 g/mol. The topological polar surface area (TPSA) is 63.6 Å². The van der Waals surface area contributed by atoms with Gasteiger partial charge in [-0.05, 0) is 92.7 Å². The standard InChI is InChI=1S/C26H32O4/c27-19-7-9-20-18(16-19)6-8-22-21(20)12-13-26(23(22)10-11-24(26)28)14-15-30-25(29)17-4-2-1-3-5-17/h1-5,14-15,18,20-24,28H,6-13,16H2/t18?,20-,21+,22+,23-,24-,26+/m0/s1. The maximum absolute atomic E-state index is 12.3. The van der Waals surface area contributed by atoms with Crippen molar-refractivity contribution in [3.05, 3.63) is 48.2 Å². The molecule has 1 unspecified atom stereocenters. The van der Waals surface area contributed by atoms with Gasteiger partial charge in [-0.15, -0.1) is 0 Å². The third-order valence-corrected chi connectivity index (χ3v) is 8.87. The highest BCUT2D eigenvalue weighted by Crippen LogP contribution is 2.63. The second kappa shape index (κ2) is 7.96. The summed E-state index contributed by atoms with van der Waals surface area (Å²) in [5, 5.41) is 11.0. The molecular formula is C26H32O4. The summed E-state index contributed by atoms with van der Waals surface area (Å²) < 4.78 is 5.45. The van der Waals surface area contributed by atoms with Crippen LogP contribution in [0, 0.1) is 35.0 Å². The van der Waals surface area contributed by atoms with E-state index in [2.05, 4.69) is 0 Å². The first-order valence-electron chi connectivity index (χ1n) is 11.7. The Bertz CT molecular complexity index is 831. The molecule has 4 aliphatic carbocycles. The summed E-state index contributed by atoms with van der Waals surface area (Å²) in [5.41, 5.74) is 0.271. The lowest BCUT2D eigenvalue weighted by Crippen LogP contribution is -2.50. The number of aliphatic hydroxyl groups is 1. The Morgan fingerprint density at radius 3 is 2.67 bits per heavy atom. The first-order valence-corrected chi connectivity index (χ1v) is 11.7. The molecule has 1 aromatic rings. The van der Waals surface area contributed by atoms with Gasteiger partial charge in [-0.25, -0.2) is 4.79 Å². The van der Waals surface area contributed by atoms with Gasteiger partial charge in [0.1, 0.15) is 5.78 Å². The van der Waals surface area contributed by atoms with Crippen LogP contribution in [0.25, 0.3) is 0 Å². The third-order valence-electron chi connectivity index (χ3n) is 8.87. The minimum Gasteiger partial charge on any atom is -0.431 e. The van der Waals surface area contributed by atoms with Crippen LogP contribution >= 0.6 is 0 Å². The highest BCUT2D eigenvalue weighted by Gasteiger charge is 2.58. The molecule has 0 spiro atoms. The molecule has 0 radical (unpaired) electrons. The number of Topliss-reactive ketones (excluding diaryl/α,β-unsaturated/α-hetero) is 1. The molecule has 5 rings (SSSR count). The van der Waals surface area contributed by atoms with E-state index < -0.39 is 0 Å². The number of ketones is 1. The Hall–Kier alpha value is -1.94. The number of esters is 1. The molecule has 4 nitrogen and oxygen atoms in total. The number of ether oxygens (including phenoxy) is 1. The van der Waals surface area contributed by atoms with E-state index in [1.165, 1.54) is 6.42 Å². The lowest BCUT2D eigenvalue weighted by molar-refractivity contribution is -0.127.